The highest BCUT2D eigenvalue weighted by Crippen LogP contribution is 2.31. The number of aromatic amines is 1. The van der Waals surface area contributed by atoms with Gasteiger partial charge in [0.05, 0.1) is 25.9 Å². The van der Waals surface area contributed by atoms with Crippen LogP contribution >= 0.6 is 15.9 Å². The van der Waals surface area contributed by atoms with Crippen LogP contribution in [0.2, 0.25) is 0 Å². The van der Waals surface area contributed by atoms with Crippen LogP contribution in [0.15, 0.2) is 27.6 Å². The van der Waals surface area contributed by atoms with Gasteiger partial charge in [0.2, 0.25) is 10.0 Å². The number of nitrogens with zero attached hydrogens (tertiary/aromatic N) is 1. The SMILES string of the molecule is CN(CC1COCCO1)S(=O)(=O)c1c(C(N)=O)[nH]c2ccc(Br)cc12. The summed E-state index contributed by atoms with van der Waals surface area (Å²) in [5.41, 5.74) is 5.76. The minimum atomic E-state index is -3.97. The standard InChI is InChI=1S/C15H18BrN3O5S/c1-19(7-10-8-23-4-5-24-10)25(21,22)14-11-6-9(16)2-3-12(11)18-13(14)15(17)20/h2-3,6,10,18H,4-5,7-8H2,1H3,(H2,17,20). The molecule has 0 aliphatic carbocycles. The first-order chi connectivity index (χ1) is 11.8. The molecule has 1 amide bonds. The largest absolute Gasteiger partial charge is 0.376 e. The lowest BCUT2D eigenvalue weighted by atomic mass is 10.2. The van der Waals surface area contributed by atoms with Crippen LogP contribution in [0.3, 0.4) is 0 Å². The molecule has 2 heterocycles. The Morgan fingerprint density at radius 2 is 2.20 bits per heavy atom. The summed E-state index contributed by atoms with van der Waals surface area (Å²) in [5.74, 6) is -0.837. The van der Waals surface area contributed by atoms with Crippen LogP contribution in [-0.2, 0) is 19.5 Å². The molecule has 136 valence electrons. The molecule has 0 bridgehead atoms. The fourth-order valence-electron chi connectivity index (χ4n) is 2.76. The Kier molecular flexibility index (Phi) is 5.16. The van der Waals surface area contributed by atoms with Gasteiger partial charge in [-0.2, -0.15) is 4.31 Å². The van der Waals surface area contributed by atoms with Crippen molar-refractivity contribution in [3.05, 3.63) is 28.4 Å². The molecule has 1 aromatic heterocycles. The molecule has 3 rings (SSSR count). The Bertz CT molecular complexity index is 905. The third kappa shape index (κ3) is 3.58. The lowest BCUT2D eigenvalue weighted by Gasteiger charge is -2.27. The monoisotopic (exact) mass is 431 g/mol. The van der Waals surface area contributed by atoms with E-state index in [0.717, 1.165) is 4.31 Å². The number of H-pyrrole nitrogens is 1. The van der Waals surface area contributed by atoms with Gasteiger partial charge in [0.1, 0.15) is 10.6 Å². The van der Waals surface area contributed by atoms with Crippen LogP contribution in [0, 0.1) is 0 Å². The van der Waals surface area contributed by atoms with Crippen molar-refractivity contribution < 1.29 is 22.7 Å². The summed E-state index contributed by atoms with van der Waals surface area (Å²) in [6.45, 7) is 1.35. The van der Waals surface area contributed by atoms with Gasteiger partial charge in [-0.15, -0.1) is 0 Å². The summed E-state index contributed by atoms with van der Waals surface area (Å²) in [7, 11) is -2.53. The molecule has 10 heteroatoms. The number of ether oxygens (including phenoxy) is 2. The van der Waals surface area contributed by atoms with Crippen molar-refractivity contribution >= 4 is 42.8 Å². The average Bonchev–Trinajstić information content (AvgIpc) is 2.95. The average molecular weight is 432 g/mol. The molecule has 1 aromatic carbocycles. The second kappa shape index (κ2) is 7.04. The molecular weight excluding hydrogens is 414 g/mol. The molecule has 0 radical (unpaired) electrons. The van der Waals surface area contributed by atoms with E-state index >= 15 is 0 Å². The highest BCUT2D eigenvalue weighted by molar-refractivity contribution is 9.10. The van der Waals surface area contributed by atoms with Gasteiger partial charge in [-0.3, -0.25) is 4.79 Å². The number of fused-ring (bicyclic) bond motifs is 1. The predicted molar refractivity (Wildman–Crippen MR) is 94.9 cm³/mol. The number of aromatic nitrogens is 1. The molecule has 1 fully saturated rings. The number of hydrogen-bond acceptors (Lipinski definition) is 5. The Morgan fingerprint density at radius 3 is 2.84 bits per heavy atom. The summed E-state index contributed by atoms with van der Waals surface area (Å²) < 4.78 is 38.9. The topological polar surface area (TPSA) is 115 Å². The fraction of sp³-hybridized carbons (Fsp3) is 0.400. The molecule has 1 atom stereocenters. The zero-order chi connectivity index (χ0) is 18.2. The van der Waals surface area contributed by atoms with Crippen LogP contribution in [0.4, 0.5) is 0 Å². The predicted octanol–water partition coefficient (Wildman–Crippen LogP) is 1.07. The van der Waals surface area contributed by atoms with E-state index in [0.29, 0.717) is 35.2 Å². The number of benzene rings is 1. The van der Waals surface area contributed by atoms with Crippen molar-refractivity contribution in [1.29, 1.82) is 0 Å². The Morgan fingerprint density at radius 1 is 1.44 bits per heavy atom. The highest BCUT2D eigenvalue weighted by Gasteiger charge is 2.32. The molecule has 0 spiro atoms. The summed E-state index contributed by atoms with van der Waals surface area (Å²) in [4.78, 5) is 14.5. The summed E-state index contributed by atoms with van der Waals surface area (Å²) in [5, 5.41) is 0.399. The van der Waals surface area contributed by atoms with Gasteiger partial charge in [-0.25, -0.2) is 8.42 Å². The van der Waals surface area contributed by atoms with Crippen LogP contribution in [0.1, 0.15) is 10.5 Å². The molecular formula is C15H18BrN3O5S. The maximum Gasteiger partial charge on any atom is 0.266 e. The van der Waals surface area contributed by atoms with Gasteiger partial charge >= 0.3 is 0 Å². The molecule has 2 aromatic rings. The van der Waals surface area contributed by atoms with E-state index < -0.39 is 15.9 Å². The number of likely N-dealkylation sites (N-methyl/N-ethyl adjacent to an activating group) is 1. The molecule has 1 aliphatic rings. The number of sulfonamides is 1. The third-order valence-electron chi connectivity index (χ3n) is 3.97. The number of carbonyl (C=O) groups excluding carboxylic acids is 1. The number of rotatable bonds is 5. The molecule has 3 N–H and O–H groups in total. The zero-order valence-corrected chi connectivity index (χ0v) is 15.9. The number of primary amides is 1. The van der Waals surface area contributed by atoms with Crippen LogP contribution < -0.4 is 5.73 Å². The molecule has 25 heavy (non-hydrogen) atoms. The molecule has 8 nitrogen and oxygen atoms in total. The molecule has 0 saturated carbocycles. The van der Waals surface area contributed by atoms with Crippen LogP contribution in [0.25, 0.3) is 10.9 Å². The number of nitrogens with two attached hydrogens (primary N) is 1. The number of amides is 1. The first-order valence-electron chi connectivity index (χ1n) is 7.57. The van der Waals surface area contributed by atoms with Gasteiger partial charge in [0.15, 0.2) is 0 Å². The minimum absolute atomic E-state index is 0.112. The number of carbonyl (C=O) groups is 1. The molecule has 1 saturated heterocycles. The zero-order valence-electron chi connectivity index (χ0n) is 13.5. The van der Waals surface area contributed by atoms with E-state index in [-0.39, 0.29) is 23.2 Å². The minimum Gasteiger partial charge on any atom is -0.376 e. The van der Waals surface area contributed by atoms with E-state index in [1.165, 1.54) is 7.05 Å². The Labute approximate surface area is 153 Å². The van der Waals surface area contributed by atoms with Gasteiger partial charge < -0.3 is 20.2 Å². The number of halogens is 1. The van der Waals surface area contributed by atoms with Gasteiger partial charge in [0.25, 0.3) is 5.91 Å². The number of nitrogens with one attached hydrogen (secondary N) is 1. The van der Waals surface area contributed by atoms with Gasteiger partial charge in [-0.05, 0) is 18.2 Å². The van der Waals surface area contributed by atoms with Crippen LogP contribution in [-0.4, -0.2) is 63.1 Å². The summed E-state index contributed by atoms with van der Waals surface area (Å²) in [6.07, 6.45) is -0.359. The maximum atomic E-state index is 13.1. The molecule has 1 unspecified atom stereocenters. The fourth-order valence-corrected chi connectivity index (χ4v) is 4.66. The third-order valence-corrected chi connectivity index (χ3v) is 6.38. The molecule has 1 aliphatic heterocycles. The highest BCUT2D eigenvalue weighted by atomic mass is 79.9. The summed E-state index contributed by atoms with van der Waals surface area (Å²) >= 11 is 3.32. The maximum absolute atomic E-state index is 13.1. The number of hydrogen-bond donors (Lipinski definition) is 2. The van der Waals surface area contributed by atoms with Gasteiger partial charge in [0, 0.05) is 29.0 Å². The van der Waals surface area contributed by atoms with Crippen molar-refractivity contribution in [3.63, 3.8) is 0 Å². The quantitative estimate of drug-likeness (QED) is 0.734. The smallest absolute Gasteiger partial charge is 0.266 e. The van der Waals surface area contributed by atoms with Crippen molar-refractivity contribution in [1.82, 2.24) is 9.29 Å². The first-order valence-corrected chi connectivity index (χ1v) is 9.80. The van der Waals surface area contributed by atoms with E-state index in [1.54, 1.807) is 18.2 Å². The lowest BCUT2D eigenvalue weighted by molar-refractivity contribution is -0.0909. The lowest BCUT2D eigenvalue weighted by Crippen LogP contribution is -2.41. The van der Waals surface area contributed by atoms with Gasteiger partial charge in [-0.1, -0.05) is 15.9 Å². The second-order valence-electron chi connectivity index (χ2n) is 5.74. The second-order valence-corrected chi connectivity index (χ2v) is 8.63. The van der Waals surface area contributed by atoms with Crippen molar-refractivity contribution in [2.75, 3.05) is 33.4 Å². The van der Waals surface area contributed by atoms with E-state index in [4.69, 9.17) is 15.2 Å². The first kappa shape index (κ1) is 18.3. The van der Waals surface area contributed by atoms with E-state index in [9.17, 15) is 13.2 Å². The normalized spacial score (nSPS) is 18.8. The van der Waals surface area contributed by atoms with Crippen molar-refractivity contribution in [2.45, 2.75) is 11.0 Å². The van der Waals surface area contributed by atoms with Crippen molar-refractivity contribution in [3.8, 4) is 0 Å². The van der Waals surface area contributed by atoms with Crippen molar-refractivity contribution in [2.24, 2.45) is 5.73 Å². The Hall–Kier alpha value is -1.46. The van der Waals surface area contributed by atoms with E-state index in [2.05, 4.69) is 20.9 Å². The van der Waals surface area contributed by atoms with Crippen LogP contribution in [0.5, 0.6) is 0 Å². The van der Waals surface area contributed by atoms with E-state index in [1.807, 2.05) is 0 Å². The Balaban J connectivity index is 2.04. The summed E-state index contributed by atoms with van der Waals surface area (Å²) in [6, 6.07) is 5.07.